The van der Waals surface area contributed by atoms with Crippen molar-refractivity contribution in [3.8, 4) is 0 Å². The van der Waals surface area contributed by atoms with E-state index in [4.69, 9.17) is 5.11 Å². The zero-order valence-electron chi connectivity index (χ0n) is 11.8. The fourth-order valence-corrected chi connectivity index (χ4v) is 2.08. The summed E-state index contributed by atoms with van der Waals surface area (Å²) < 4.78 is 0. The van der Waals surface area contributed by atoms with Crippen LogP contribution in [0, 0.1) is 5.41 Å². The summed E-state index contributed by atoms with van der Waals surface area (Å²) in [5, 5.41) is 8.94. The van der Waals surface area contributed by atoms with Gasteiger partial charge in [0.25, 0.3) is 0 Å². The van der Waals surface area contributed by atoms with Gasteiger partial charge in [-0.05, 0) is 12.3 Å². The van der Waals surface area contributed by atoms with Crippen molar-refractivity contribution in [3.63, 3.8) is 0 Å². The van der Waals surface area contributed by atoms with Crippen molar-refractivity contribution in [2.24, 2.45) is 5.41 Å². The second-order valence-corrected chi connectivity index (χ2v) is 6.17. The number of piperazine rings is 1. The van der Waals surface area contributed by atoms with Crippen molar-refractivity contribution in [3.05, 3.63) is 0 Å². The number of carbonyl (C=O) groups is 2. The van der Waals surface area contributed by atoms with Crippen molar-refractivity contribution in [2.45, 2.75) is 40.2 Å². The van der Waals surface area contributed by atoms with Crippen molar-refractivity contribution in [1.82, 2.24) is 9.80 Å². The molecule has 5 nitrogen and oxygen atoms in total. The van der Waals surface area contributed by atoms with Gasteiger partial charge in [-0.3, -0.25) is 14.5 Å². The Morgan fingerprint density at radius 1 is 1.17 bits per heavy atom. The van der Waals surface area contributed by atoms with Gasteiger partial charge in [-0.25, -0.2) is 0 Å². The van der Waals surface area contributed by atoms with Crippen molar-refractivity contribution < 1.29 is 14.7 Å². The molecular weight excluding hydrogens is 232 g/mol. The molecule has 0 aromatic heterocycles. The third-order valence-corrected chi connectivity index (χ3v) is 3.25. The smallest absolute Gasteiger partial charge is 0.320 e. The van der Waals surface area contributed by atoms with Crippen LogP contribution in [-0.4, -0.2) is 59.0 Å². The van der Waals surface area contributed by atoms with Crippen LogP contribution in [0.25, 0.3) is 0 Å². The number of hydrogen-bond acceptors (Lipinski definition) is 3. The average molecular weight is 256 g/mol. The fourth-order valence-electron chi connectivity index (χ4n) is 2.08. The third-order valence-electron chi connectivity index (χ3n) is 3.25. The lowest BCUT2D eigenvalue weighted by Crippen LogP contribution is -2.53. The molecule has 0 aliphatic carbocycles. The van der Waals surface area contributed by atoms with Crippen LogP contribution >= 0.6 is 0 Å². The molecule has 1 atom stereocenters. The number of aliphatic carboxylic acids is 1. The number of amides is 1. The quantitative estimate of drug-likeness (QED) is 0.819. The van der Waals surface area contributed by atoms with Crippen LogP contribution in [0.5, 0.6) is 0 Å². The summed E-state index contributed by atoms with van der Waals surface area (Å²) in [6, 6.07) is -0.468. The molecule has 0 aromatic carbocycles. The van der Waals surface area contributed by atoms with Gasteiger partial charge in [-0.1, -0.05) is 20.8 Å². The Kier molecular flexibility index (Phi) is 4.73. The van der Waals surface area contributed by atoms with E-state index in [9.17, 15) is 9.59 Å². The highest BCUT2D eigenvalue weighted by molar-refractivity contribution is 5.77. The lowest BCUT2D eigenvalue weighted by atomic mass is 9.91. The molecular formula is C13H24N2O3. The van der Waals surface area contributed by atoms with Gasteiger partial charge >= 0.3 is 5.97 Å². The number of carboxylic acid groups (broad SMARTS) is 1. The molecule has 1 unspecified atom stereocenters. The SMILES string of the molecule is CC(C(=O)O)N1CCN(C(=O)CC(C)(C)C)CC1. The minimum absolute atomic E-state index is 0.00255. The first-order valence-electron chi connectivity index (χ1n) is 6.45. The van der Waals surface area contributed by atoms with Gasteiger partial charge in [0.05, 0.1) is 0 Å². The van der Waals surface area contributed by atoms with Gasteiger partial charge in [0.2, 0.25) is 5.91 Å². The Labute approximate surface area is 109 Å². The summed E-state index contributed by atoms with van der Waals surface area (Å²) in [5.41, 5.74) is 0.00255. The molecule has 5 heteroatoms. The summed E-state index contributed by atoms with van der Waals surface area (Å²) >= 11 is 0. The Hall–Kier alpha value is -1.10. The average Bonchev–Trinajstić information content (AvgIpc) is 2.26. The first-order chi connectivity index (χ1) is 8.20. The van der Waals surface area contributed by atoms with Gasteiger partial charge in [0.15, 0.2) is 0 Å². The molecule has 0 aromatic rings. The largest absolute Gasteiger partial charge is 0.480 e. The van der Waals surface area contributed by atoms with E-state index < -0.39 is 12.0 Å². The molecule has 1 amide bonds. The molecule has 0 saturated carbocycles. The van der Waals surface area contributed by atoms with Gasteiger partial charge in [0, 0.05) is 32.6 Å². The van der Waals surface area contributed by atoms with Gasteiger partial charge in [-0.2, -0.15) is 0 Å². The van der Waals surface area contributed by atoms with Crippen LogP contribution in [0.3, 0.4) is 0 Å². The maximum atomic E-state index is 12.0. The van der Waals surface area contributed by atoms with E-state index in [1.54, 1.807) is 6.92 Å². The number of carboxylic acids is 1. The summed E-state index contributed by atoms with van der Waals surface area (Å²) in [5.74, 6) is -0.630. The van der Waals surface area contributed by atoms with Gasteiger partial charge in [-0.15, -0.1) is 0 Å². The molecule has 0 radical (unpaired) electrons. The molecule has 104 valence electrons. The molecule has 1 N–H and O–H groups in total. The molecule has 1 fully saturated rings. The normalized spacial score (nSPS) is 19.7. The van der Waals surface area contributed by atoms with Crippen LogP contribution in [-0.2, 0) is 9.59 Å². The Bertz CT molecular complexity index is 315. The lowest BCUT2D eigenvalue weighted by Gasteiger charge is -2.37. The zero-order valence-corrected chi connectivity index (χ0v) is 11.8. The Morgan fingerprint density at radius 3 is 2.06 bits per heavy atom. The second-order valence-electron chi connectivity index (χ2n) is 6.17. The van der Waals surface area contributed by atoms with E-state index in [2.05, 4.69) is 0 Å². The highest BCUT2D eigenvalue weighted by atomic mass is 16.4. The lowest BCUT2D eigenvalue weighted by molar-refractivity contribution is -0.144. The van der Waals surface area contributed by atoms with E-state index in [-0.39, 0.29) is 11.3 Å². The highest BCUT2D eigenvalue weighted by Crippen LogP contribution is 2.20. The maximum absolute atomic E-state index is 12.0. The molecule has 1 aliphatic rings. The van der Waals surface area contributed by atoms with Crippen LogP contribution in [0.15, 0.2) is 0 Å². The monoisotopic (exact) mass is 256 g/mol. The topological polar surface area (TPSA) is 60.9 Å². The van der Waals surface area contributed by atoms with Crippen molar-refractivity contribution in [2.75, 3.05) is 26.2 Å². The number of carbonyl (C=O) groups excluding carboxylic acids is 1. The molecule has 0 spiro atoms. The summed E-state index contributed by atoms with van der Waals surface area (Å²) in [6.07, 6.45) is 0.543. The third kappa shape index (κ3) is 4.29. The second kappa shape index (κ2) is 5.69. The van der Waals surface area contributed by atoms with E-state index in [1.165, 1.54) is 0 Å². The van der Waals surface area contributed by atoms with E-state index in [0.29, 0.717) is 32.6 Å². The van der Waals surface area contributed by atoms with Gasteiger partial charge < -0.3 is 10.0 Å². The van der Waals surface area contributed by atoms with Crippen LogP contribution in [0.1, 0.15) is 34.1 Å². The van der Waals surface area contributed by atoms with E-state index in [0.717, 1.165) is 0 Å². The first kappa shape index (κ1) is 15.0. The first-order valence-corrected chi connectivity index (χ1v) is 6.45. The zero-order chi connectivity index (χ0) is 13.9. The predicted molar refractivity (Wildman–Crippen MR) is 69.3 cm³/mol. The standard InChI is InChI=1S/C13H24N2O3/c1-10(12(17)18)14-5-7-15(8-6-14)11(16)9-13(2,3)4/h10H,5-9H2,1-4H3,(H,17,18). The van der Waals surface area contributed by atoms with E-state index >= 15 is 0 Å². The van der Waals surface area contributed by atoms with Gasteiger partial charge in [0.1, 0.15) is 6.04 Å². The molecule has 1 heterocycles. The number of hydrogen-bond donors (Lipinski definition) is 1. The molecule has 1 aliphatic heterocycles. The Morgan fingerprint density at radius 2 is 1.67 bits per heavy atom. The highest BCUT2D eigenvalue weighted by Gasteiger charge is 2.28. The number of rotatable bonds is 3. The molecule has 1 rings (SSSR count). The fraction of sp³-hybridized carbons (Fsp3) is 0.846. The maximum Gasteiger partial charge on any atom is 0.320 e. The molecule has 18 heavy (non-hydrogen) atoms. The number of nitrogens with zero attached hydrogens (tertiary/aromatic N) is 2. The summed E-state index contributed by atoms with van der Waals surface area (Å²) in [7, 11) is 0. The van der Waals surface area contributed by atoms with Crippen molar-refractivity contribution >= 4 is 11.9 Å². The molecule has 1 saturated heterocycles. The summed E-state index contributed by atoms with van der Waals surface area (Å²) in [6.45, 7) is 10.4. The van der Waals surface area contributed by atoms with Crippen LogP contribution in [0.2, 0.25) is 0 Å². The van der Waals surface area contributed by atoms with Crippen LogP contribution < -0.4 is 0 Å². The Balaban J connectivity index is 2.44. The minimum atomic E-state index is -0.801. The minimum Gasteiger partial charge on any atom is -0.480 e. The van der Waals surface area contributed by atoms with Crippen molar-refractivity contribution in [1.29, 1.82) is 0 Å². The predicted octanol–water partition coefficient (Wildman–Crippen LogP) is 1.04. The molecule has 0 bridgehead atoms. The van der Waals surface area contributed by atoms with Crippen LogP contribution in [0.4, 0.5) is 0 Å². The summed E-state index contributed by atoms with van der Waals surface area (Å²) in [4.78, 5) is 26.6. The van der Waals surface area contributed by atoms with E-state index in [1.807, 2.05) is 30.6 Å².